The van der Waals surface area contributed by atoms with Crippen LogP contribution in [0.2, 0.25) is 0 Å². The summed E-state index contributed by atoms with van der Waals surface area (Å²) >= 11 is 0. The number of unbranched alkanes of at least 4 members (excludes halogenated alkanes) is 1. The Hall–Kier alpha value is -1.24. The van der Waals surface area contributed by atoms with Crippen molar-refractivity contribution in [3.63, 3.8) is 0 Å². The highest BCUT2D eigenvalue weighted by Gasteiger charge is 2.03. The second-order valence-corrected chi connectivity index (χ2v) is 4.40. The van der Waals surface area contributed by atoms with E-state index in [1.165, 1.54) is 5.56 Å². The Morgan fingerprint density at radius 2 is 2.06 bits per heavy atom. The van der Waals surface area contributed by atoms with Gasteiger partial charge in [-0.2, -0.15) is 0 Å². The lowest BCUT2D eigenvalue weighted by atomic mass is 10.0. The van der Waals surface area contributed by atoms with Crippen LogP contribution in [-0.2, 0) is 0 Å². The minimum atomic E-state index is 0.522. The van der Waals surface area contributed by atoms with E-state index < -0.39 is 0 Å². The first-order valence-electron chi connectivity index (χ1n) is 6.07. The quantitative estimate of drug-likeness (QED) is 0.632. The lowest BCUT2D eigenvalue weighted by Gasteiger charge is -2.11. The SMILES string of the molecule is C=Cc1cc(OCCCC)cc(C(C)C)c1. The molecule has 16 heavy (non-hydrogen) atoms. The second kappa shape index (κ2) is 6.37. The van der Waals surface area contributed by atoms with Crippen LogP contribution in [0.15, 0.2) is 24.8 Å². The minimum absolute atomic E-state index is 0.522. The van der Waals surface area contributed by atoms with Crippen LogP contribution in [0.25, 0.3) is 6.08 Å². The van der Waals surface area contributed by atoms with Gasteiger partial charge in [0.05, 0.1) is 6.61 Å². The van der Waals surface area contributed by atoms with Crippen molar-refractivity contribution in [3.8, 4) is 5.75 Å². The van der Waals surface area contributed by atoms with Gasteiger partial charge in [-0.3, -0.25) is 0 Å². The first-order chi connectivity index (χ1) is 7.67. The van der Waals surface area contributed by atoms with Gasteiger partial charge in [0, 0.05) is 0 Å². The molecule has 0 saturated heterocycles. The van der Waals surface area contributed by atoms with Crippen LogP contribution in [0.5, 0.6) is 5.75 Å². The smallest absolute Gasteiger partial charge is 0.120 e. The van der Waals surface area contributed by atoms with Crippen LogP contribution in [0.3, 0.4) is 0 Å². The Bertz CT molecular complexity index is 339. The van der Waals surface area contributed by atoms with Crippen LogP contribution in [0.1, 0.15) is 50.7 Å². The molecule has 1 heteroatoms. The van der Waals surface area contributed by atoms with E-state index >= 15 is 0 Å². The highest BCUT2D eigenvalue weighted by atomic mass is 16.5. The zero-order chi connectivity index (χ0) is 12.0. The van der Waals surface area contributed by atoms with E-state index in [1.54, 1.807) is 0 Å². The average Bonchev–Trinajstić information content (AvgIpc) is 2.29. The number of ether oxygens (including phenoxy) is 1. The summed E-state index contributed by atoms with van der Waals surface area (Å²) in [6, 6.07) is 6.35. The van der Waals surface area contributed by atoms with Gasteiger partial charge >= 0.3 is 0 Å². The molecule has 0 saturated carbocycles. The van der Waals surface area contributed by atoms with Gasteiger partial charge < -0.3 is 4.74 Å². The third kappa shape index (κ3) is 3.73. The summed E-state index contributed by atoms with van der Waals surface area (Å²) in [5.41, 5.74) is 2.45. The van der Waals surface area contributed by atoms with Crippen LogP contribution in [-0.4, -0.2) is 6.61 Å². The van der Waals surface area contributed by atoms with Crippen molar-refractivity contribution in [2.24, 2.45) is 0 Å². The molecule has 0 fully saturated rings. The van der Waals surface area contributed by atoms with E-state index in [0.717, 1.165) is 30.8 Å². The molecule has 0 spiro atoms. The van der Waals surface area contributed by atoms with Crippen molar-refractivity contribution in [2.45, 2.75) is 39.5 Å². The Labute approximate surface area is 99.1 Å². The van der Waals surface area contributed by atoms with Gasteiger partial charge in [-0.1, -0.05) is 45.9 Å². The van der Waals surface area contributed by atoms with Crippen molar-refractivity contribution in [1.29, 1.82) is 0 Å². The fourth-order valence-electron chi connectivity index (χ4n) is 1.51. The molecule has 0 N–H and O–H groups in total. The lowest BCUT2D eigenvalue weighted by Crippen LogP contribution is -1.98. The Balaban J connectivity index is 2.82. The molecule has 88 valence electrons. The number of hydrogen-bond acceptors (Lipinski definition) is 1. The van der Waals surface area contributed by atoms with E-state index in [2.05, 4.69) is 45.5 Å². The standard InChI is InChI=1S/C15H22O/c1-5-7-8-16-15-10-13(6-2)9-14(11-15)12(3)4/h6,9-12H,2,5,7-8H2,1,3-4H3. The Kier molecular flexibility index (Phi) is 5.10. The summed E-state index contributed by atoms with van der Waals surface area (Å²) in [6.07, 6.45) is 4.14. The van der Waals surface area contributed by atoms with Crippen LogP contribution < -0.4 is 4.74 Å². The Morgan fingerprint density at radius 3 is 2.62 bits per heavy atom. The molecule has 1 rings (SSSR count). The van der Waals surface area contributed by atoms with Crippen molar-refractivity contribution >= 4 is 6.08 Å². The Morgan fingerprint density at radius 1 is 1.31 bits per heavy atom. The molecule has 0 heterocycles. The van der Waals surface area contributed by atoms with Gasteiger partial charge in [0.15, 0.2) is 0 Å². The summed E-state index contributed by atoms with van der Waals surface area (Å²) in [5, 5.41) is 0. The van der Waals surface area contributed by atoms with E-state index in [4.69, 9.17) is 4.74 Å². The van der Waals surface area contributed by atoms with Crippen molar-refractivity contribution in [1.82, 2.24) is 0 Å². The molecule has 0 unspecified atom stereocenters. The topological polar surface area (TPSA) is 9.23 Å². The summed E-state index contributed by atoms with van der Waals surface area (Å²) in [5.74, 6) is 1.49. The minimum Gasteiger partial charge on any atom is -0.494 e. The molecular weight excluding hydrogens is 196 g/mol. The predicted molar refractivity (Wildman–Crippen MR) is 71.0 cm³/mol. The monoisotopic (exact) mass is 218 g/mol. The summed E-state index contributed by atoms with van der Waals surface area (Å²) in [4.78, 5) is 0. The van der Waals surface area contributed by atoms with Gasteiger partial charge in [-0.25, -0.2) is 0 Å². The summed E-state index contributed by atoms with van der Waals surface area (Å²) in [6.45, 7) is 11.2. The van der Waals surface area contributed by atoms with Gasteiger partial charge in [-0.15, -0.1) is 0 Å². The maximum Gasteiger partial charge on any atom is 0.120 e. The molecule has 0 aliphatic rings. The average molecular weight is 218 g/mol. The molecule has 0 bridgehead atoms. The van der Waals surface area contributed by atoms with Crippen molar-refractivity contribution in [3.05, 3.63) is 35.9 Å². The number of benzene rings is 1. The molecule has 1 aromatic carbocycles. The molecule has 0 atom stereocenters. The third-order valence-electron chi connectivity index (χ3n) is 2.62. The molecule has 0 amide bonds. The van der Waals surface area contributed by atoms with Crippen LogP contribution >= 0.6 is 0 Å². The molecule has 0 aromatic heterocycles. The van der Waals surface area contributed by atoms with Gasteiger partial charge in [0.25, 0.3) is 0 Å². The van der Waals surface area contributed by atoms with Crippen LogP contribution in [0, 0.1) is 0 Å². The summed E-state index contributed by atoms with van der Waals surface area (Å²) in [7, 11) is 0. The normalized spacial score (nSPS) is 10.5. The highest BCUT2D eigenvalue weighted by Crippen LogP contribution is 2.23. The van der Waals surface area contributed by atoms with E-state index in [9.17, 15) is 0 Å². The molecule has 0 radical (unpaired) electrons. The fourth-order valence-corrected chi connectivity index (χ4v) is 1.51. The van der Waals surface area contributed by atoms with Crippen LogP contribution in [0.4, 0.5) is 0 Å². The number of rotatable bonds is 6. The lowest BCUT2D eigenvalue weighted by molar-refractivity contribution is 0.309. The maximum absolute atomic E-state index is 5.73. The first-order valence-corrected chi connectivity index (χ1v) is 6.07. The first kappa shape index (κ1) is 12.8. The second-order valence-electron chi connectivity index (χ2n) is 4.40. The molecule has 1 aromatic rings. The number of hydrogen-bond donors (Lipinski definition) is 0. The largest absolute Gasteiger partial charge is 0.494 e. The van der Waals surface area contributed by atoms with E-state index in [0.29, 0.717) is 5.92 Å². The van der Waals surface area contributed by atoms with Gasteiger partial charge in [0.1, 0.15) is 5.75 Å². The summed E-state index contributed by atoms with van der Waals surface area (Å²) < 4.78 is 5.73. The molecule has 0 aliphatic carbocycles. The zero-order valence-electron chi connectivity index (χ0n) is 10.6. The van der Waals surface area contributed by atoms with Crippen molar-refractivity contribution in [2.75, 3.05) is 6.61 Å². The molecular formula is C15H22O. The van der Waals surface area contributed by atoms with E-state index in [1.807, 2.05) is 6.08 Å². The van der Waals surface area contributed by atoms with Gasteiger partial charge in [0.2, 0.25) is 0 Å². The predicted octanol–water partition coefficient (Wildman–Crippen LogP) is 4.63. The zero-order valence-corrected chi connectivity index (χ0v) is 10.6. The highest BCUT2D eigenvalue weighted by molar-refractivity contribution is 5.52. The van der Waals surface area contributed by atoms with Crippen molar-refractivity contribution < 1.29 is 4.74 Å². The van der Waals surface area contributed by atoms with Gasteiger partial charge in [-0.05, 0) is 35.6 Å². The molecule has 1 nitrogen and oxygen atoms in total. The third-order valence-corrected chi connectivity index (χ3v) is 2.62. The fraction of sp³-hybridized carbons (Fsp3) is 0.467. The van der Waals surface area contributed by atoms with E-state index in [-0.39, 0.29) is 0 Å². The maximum atomic E-state index is 5.73. The molecule has 0 aliphatic heterocycles.